The van der Waals surface area contributed by atoms with E-state index in [2.05, 4.69) is 32.6 Å². The molecule has 3 nitrogen and oxygen atoms in total. The van der Waals surface area contributed by atoms with E-state index in [1.807, 2.05) is 16.3 Å². The highest BCUT2D eigenvalue weighted by atomic mass is 32.1. The summed E-state index contributed by atoms with van der Waals surface area (Å²) in [5.41, 5.74) is 0.737. The molecule has 1 N–H and O–H groups in total. The highest BCUT2D eigenvalue weighted by Crippen LogP contribution is 2.28. The van der Waals surface area contributed by atoms with Gasteiger partial charge in [-0.15, -0.1) is 11.3 Å². The first-order chi connectivity index (χ1) is 10.0. The van der Waals surface area contributed by atoms with E-state index in [0.717, 1.165) is 17.0 Å². The van der Waals surface area contributed by atoms with Crippen LogP contribution >= 0.6 is 11.3 Å². The van der Waals surface area contributed by atoms with Crippen LogP contribution in [0.2, 0.25) is 0 Å². The van der Waals surface area contributed by atoms with Crippen molar-refractivity contribution in [3.8, 4) is 11.8 Å². The summed E-state index contributed by atoms with van der Waals surface area (Å²) in [6.07, 6.45) is 1.66. The van der Waals surface area contributed by atoms with Crippen LogP contribution in [0.1, 0.15) is 48.8 Å². The molecule has 0 aromatic carbocycles. The van der Waals surface area contributed by atoms with Gasteiger partial charge in [-0.25, -0.2) is 0 Å². The fraction of sp³-hybridized carbons (Fsp3) is 0.588. The van der Waals surface area contributed by atoms with Gasteiger partial charge in [-0.3, -0.25) is 4.79 Å². The fourth-order valence-electron chi connectivity index (χ4n) is 2.87. The molecular formula is C17H23NO2S. The average Bonchev–Trinajstić information content (AvgIpc) is 2.91. The third-order valence-electron chi connectivity index (χ3n) is 4.15. The highest BCUT2D eigenvalue weighted by molar-refractivity contribution is 7.10. The lowest BCUT2D eigenvalue weighted by Gasteiger charge is -2.41. The van der Waals surface area contributed by atoms with Gasteiger partial charge in [0.25, 0.3) is 5.91 Å². The van der Waals surface area contributed by atoms with Crippen LogP contribution in [0.25, 0.3) is 0 Å². The van der Waals surface area contributed by atoms with Crippen molar-refractivity contribution in [3.63, 3.8) is 0 Å². The molecule has 3 unspecified atom stereocenters. The van der Waals surface area contributed by atoms with E-state index in [9.17, 15) is 4.79 Å². The minimum absolute atomic E-state index is 0.0746. The Balaban J connectivity index is 2.11. The lowest BCUT2D eigenvalue weighted by molar-refractivity contribution is 0.0456. The molecule has 2 rings (SSSR count). The molecule has 1 aromatic heterocycles. The van der Waals surface area contributed by atoms with Gasteiger partial charge in [0.05, 0.1) is 17.0 Å². The van der Waals surface area contributed by atoms with E-state index in [-0.39, 0.29) is 18.6 Å². The van der Waals surface area contributed by atoms with Crippen LogP contribution in [0.3, 0.4) is 0 Å². The van der Waals surface area contributed by atoms with Crippen LogP contribution in [0.5, 0.6) is 0 Å². The summed E-state index contributed by atoms with van der Waals surface area (Å²) in [5, 5.41) is 10.6. The average molecular weight is 305 g/mol. The van der Waals surface area contributed by atoms with Gasteiger partial charge in [0.2, 0.25) is 0 Å². The van der Waals surface area contributed by atoms with Gasteiger partial charge in [-0.05, 0) is 31.2 Å². The SMILES string of the molecule is CC1CC(C)C(C)N(C(=O)c2csc(C#CCCO)c2)C1. The number of aliphatic hydroxyl groups excluding tert-OH is 1. The fourth-order valence-corrected chi connectivity index (χ4v) is 3.62. The van der Waals surface area contributed by atoms with E-state index >= 15 is 0 Å². The molecule has 0 spiro atoms. The van der Waals surface area contributed by atoms with Crippen LogP contribution < -0.4 is 0 Å². The highest BCUT2D eigenvalue weighted by Gasteiger charge is 2.32. The summed E-state index contributed by atoms with van der Waals surface area (Å²) >= 11 is 1.49. The molecule has 1 amide bonds. The van der Waals surface area contributed by atoms with Gasteiger partial charge >= 0.3 is 0 Å². The molecular weight excluding hydrogens is 282 g/mol. The largest absolute Gasteiger partial charge is 0.395 e. The summed E-state index contributed by atoms with van der Waals surface area (Å²) in [6.45, 7) is 7.49. The second-order valence-electron chi connectivity index (χ2n) is 5.99. The minimum Gasteiger partial charge on any atom is -0.395 e. The van der Waals surface area contributed by atoms with E-state index < -0.39 is 0 Å². The molecule has 1 fully saturated rings. The van der Waals surface area contributed by atoms with Crippen molar-refractivity contribution in [1.82, 2.24) is 4.90 Å². The Morgan fingerprint density at radius 3 is 2.95 bits per heavy atom. The molecule has 1 saturated heterocycles. The maximum absolute atomic E-state index is 12.7. The van der Waals surface area contributed by atoms with Gasteiger partial charge in [0.15, 0.2) is 0 Å². The predicted molar refractivity (Wildman–Crippen MR) is 86.3 cm³/mol. The Labute approximate surface area is 131 Å². The van der Waals surface area contributed by atoms with Gasteiger partial charge in [-0.1, -0.05) is 25.7 Å². The summed E-state index contributed by atoms with van der Waals surface area (Å²) in [7, 11) is 0. The molecule has 114 valence electrons. The zero-order valence-corrected chi connectivity index (χ0v) is 13.7. The molecule has 1 aliphatic rings. The second kappa shape index (κ2) is 7.11. The zero-order chi connectivity index (χ0) is 15.4. The quantitative estimate of drug-likeness (QED) is 0.853. The predicted octanol–water partition coefficient (Wildman–Crippen LogP) is 2.99. The number of carbonyl (C=O) groups is 1. The number of piperidine rings is 1. The Kier molecular flexibility index (Phi) is 5.44. The third-order valence-corrected chi connectivity index (χ3v) is 5.00. The summed E-state index contributed by atoms with van der Waals surface area (Å²) in [6, 6.07) is 2.16. The Bertz CT molecular complexity index is 555. The molecule has 0 saturated carbocycles. The molecule has 3 atom stereocenters. The molecule has 0 radical (unpaired) electrons. The van der Waals surface area contributed by atoms with Crippen molar-refractivity contribution in [2.75, 3.05) is 13.2 Å². The maximum Gasteiger partial charge on any atom is 0.255 e. The standard InChI is InChI=1S/C17H23NO2S/c1-12-8-13(2)14(3)18(10-12)17(20)15-9-16(21-11-15)6-4-5-7-19/h9,11-14,19H,5,7-8,10H2,1-3H3. The van der Waals surface area contributed by atoms with Crippen LogP contribution in [-0.2, 0) is 0 Å². The number of likely N-dealkylation sites (tertiary alicyclic amines) is 1. The molecule has 1 aromatic rings. The van der Waals surface area contributed by atoms with E-state index in [4.69, 9.17) is 5.11 Å². The van der Waals surface area contributed by atoms with Crippen molar-refractivity contribution < 1.29 is 9.90 Å². The first-order valence-corrected chi connectivity index (χ1v) is 8.40. The molecule has 2 heterocycles. The maximum atomic E-state index is 12.7. The lowest BCUT2D eigenvalue weighted by atomic mass is 9.85. The molecule has 1 aliphatic heterocycles. The van der Waals surface area contributed by atoms with Crippen molar-refractivity contribution in [3.05, 3.63) is 21.9 Å². The third kappa shape index (κ3) is 3.87. The number of amides is 1. The molecule has 21 heavy (non-hydrogen) atoms. The van der Waals surface area contributed by atoms with Crippen molar-refractivity contribution in [1.29, 1.82) is 0 Å². The number of carbonyl (C=O) groups excluding carboxylic acids is 1. The van der Waals surface area contributed by atoms with Gasteiger partial charge in [-0.2, -0.15) is 0 Å². The number of hydrogen-bond acceptors (Lipinski definition) is 3. The molecule has 0 aliphatic carbocycles. The monoisotopic (exact) mass is 305 g/mol. The van der Waals surface area contributed by atoms with Crippen molar-refractivity contribution in [2.24, 2.45) is 11.8 Å². The minimum atomic E-state index is 0.0746. The lowest BCUT2D eigenvalue weighted by Crippen LogP contribution is -2.48. The van der Waals surface area contributed by atoms with Crippen LogP contribution in [0, 0.1) is 23.7 Å². The number of aliphatic hydroxyl groups is 1. The number of rotatable bonds is 2. The number of thiophene rings is 1. The van der Waals surface area contributed by atoms with Crippen LogP contribution in [-0.4, -0.2) is 35.1 Å². The topological polar surface area (TPSA) is 40.5 Å². The normalized spacial score (nSPS) is 25.3. The Morgan fingerprint density at radius 2 is 2.24 bits per heavy atom. The summed E-state index contributed by atoms with van der Waals surface area (Å²) < 4.78 is 0. The van der Waals surface area contributed by atoms with E-state index in [0.29, 0.717) is 18.3 Å². The van der Waals surface area contributed by atoms with Gasteiger partial charge in [0, 0.05) is 24.4 Å². The number of hydrogen-bond donors (Lipinski definition) is 1. The van der Waals surface area contributed by atoms with Crippen molar-refractivity contribution in [2.45, 2.75) is 39.7 Å². The van der Waals surface area contributed by atoms with E-state index in [1.165, 1.54) is 17.8 Å². The van der Waals surface area contributed by atoms with Crippen molar-refractivity contribution >= 4 is 17.2 Å². The Hall–Kier alpha value is -1.31. The zero-order valence-electron chi connectivity index (χ0n) is 12.9. The smallest absolute Gasteiger partial charge is 0.255 e. The second-order valence-corrected chi connectivity index (χ2v) is 6.90. The first-order valence-electron chi connectivity index (χ1n) is 7.52. The molecule has 4 heteroatoms. The Morgan fingerprint density at radius 1 is 1.48 bits per heavy atom. The van der Waals surface area contributed by atoms with E-state index in [1.54, 1.807) is 0 Å². The van der Waals surface area contributed by atoms with Gasteiger partial charge in [0.1, 0.15) is 0 Å². The number of nitrogens with zero attached hydrogens (tertiary/aromatic N) is 1. The van der Waals surface area contributed by atoms with Crippen LogP contribution in [0.4, 0.5) is 0 Å². The summed E-state index contributed by atoms with van der Waals surface area (Å²) in [5.74, 6) is 7.10. The summed E-state index contributed by atoms with van der Waals surface area (Å²) in [4.78, 5) is 15.6. The van der Waals surface area contributed by atoms with Crippen LogP contribution in [0.15, 0.2) is 11.4 Å². The van der Waals surface area contributed by atoms with Gasteiger partial charge < -0.3 is 10.0 Å². The first kappa shape index (κ1) is 16.1. The molecule has 0 bridgehead atoms.